The average Bonchev–Trinajstić information content (AvgIpc) is 1.59. The van der Waals surface area contributed by atoms with Crippen LogP contribution in [0.25, 0.3) is 0 Å². The Bertz CT molecular complexity index is 120. The molecule has 0 aliphatic rings. The van der Waals surface area contributed by atoms with Gasteiger partial charge in [0.25, 0.3) is 0 Å². The second-order valence-electron chi connectivity index (χ2n) is 3.35. The summed E-state index contributed by atoms with van der Waals surface area (Å²) in [5.41, 5.74) is 0. The standard InChI is InChI=1S/C7H16NO2.HI/c1-7(9)10-6-5-8(2,3)4;/h5-6H2,1-4H3;1H/q+1;/p-1. The van der Waals surface area contributed by atoms with Crippen LogP contribution in [0.4, 0.5) is 0 Å². The van der Waals surface area contributed by atoms with Crippen LogP contribution in [0.15, 0.2) is 0 Å². The van der Waals surface area contributed by atoms with E-state index in [1.165, 1.54) is 6.92 Å². The SMILES string of the molecule is CC(=O)OCC[N+](C)(C)C.[I-]. The Kier molecular flexibility index (Phi) is 7.20. The topological polar surface area (TPSA) is 26.3 Å². The Balaban J connectivity index is 0. The maximum Gasteiger partial charge on any atom is 0.302 e. The lowest BCUT2D eigenvalue weighted by atomic mass is 10.5. The summed E-state index contributed by atoms with van der Waals surface area (Å²) in [5, 5.41) is 0. The van der Waals surface area contributed by atoms with Crippen molar-refractivity contribution in [2.75, 3.05) is 34.3 Å². The minimum atomic E-state index is -0.201. The number of likely N-dealkylation sites (N-methyl/N-ethyl adjacent to an activating group) is 1. The molecule has 4 heteroatoms. The predicted octanol–water partition coefficient (Wildman–Crippen LogP) is -2.74. The van der Waals surface area contributed by atoms with E-state index in [1.54, 1.807) is 0 Å². The van der Waals surface area contributed by atoms with Crippen molar-refractivity contribution in [2.24, 2.45) is 0 Å². The van der Waals surface area contributed by atoms with Crippen LogP contribution in [-0.4, -0.2) is 44.7 Å². The van der Waals surface area contributed by atoms with Gasteiger partial charge in [0.15, 0.2) is 0 Å². The third-order valence-corrected chi connectivity index (χ3v) is 1.07. The molecule has 0 radical (unpaired) electrons. The van der Waals surface area contributed by atoms with Crippen molar-refractivity contribution in [1.82, 2.24) is 0 Å². The van der Waals surface area contributed by atoms with Gasteiger partial charge in [0.2, 0.25) is 0 Å². The Morgan fingerprint density at radius 1 is 1.36 bits per heavy atom. The van der Waals surface area contributed by atoms with Crippen molar-refractivity contribution < 1.29 is 38.0 Å². The lowest BCUT2D eigenvalue weighted by molar-refractivity contribution is -0.870. The molecule has 0 heterocycles. The van der Waals surface area contributed by atoms with Gasteiger partial charge in [-0.15, -0.1) is 0 Å². The number of carbonyl (C=O) groups is 1. The van der Waals surface area contributed by atoms with E-state index in [9.17, 15) is 4.79 Å². The van der Waals surface area contributed by atoms with Crippen molar-refractivity contribution in [3.8, 4) is 0 Å². The Labute approximate surface area is 85.3 Å². The van der Waals surface area contributed by atoms with Crippen molar-refractivity contribution in [3.63, 3.8) is 0 Å². The summed E-state index contributed by atoms with van der Waals surface area (Å²) in [6.45, 7) is 2.80. The largest absolute Gasteiger partial charge is 1.00 e. The first-order chi connectivity index (χ1) is 4.42. The molecule has 0 saturated carbocycles. The number of esters is 1. The van der Waals surface area contributed by atoms with Crippen LogP contribution in [0, 0.1) is 0 Å². The minimum absolute atomic E-state index is 0. The molecule has 0 bridgehead atoms. The first-order valence-corrected chi connectivity index (χ1v) is 3.35. The quantitative estimate of drug-likeness (QED) is 0.317. The smallest absolute Gasteiger partial charge is 0.302 e. The number of halogens is 1. The highest BCUT2D eigenvalue weighted by molar-refractivity contribution is 5.65. The van der Waals surface area contributed by atoms with Gasteiger partial charge in [-0.1, -0.05) is 0 Å². The van der Waals surface area contributed by atoms with E-state index >= 15 is 0 Å². The number of ether oxygens (including phenoxy) is 1. The molecule has 3 nitrogen and oxygen atoms in total. The van der Waals surface area contributed by atoms with Crippen LogP contribution in [0.5, 0.6) is 0 Å². The summed E-state index contributed by atoms with van der Waals surface area (Å²) in [5.74, 6) is -0.201. The fraction of sp³-hybridized carbons (Fsp3) is 0.857. The fourth-order valence-corrected chi connectivity index (χ4v) is 0.463. The first kappa shape index (κ1) is 13.7. The molecule has 0 amide bonds. The fourth-order valence-electron chi connectivity index (χ4n) is 0.463. The number of hydrogen-bond donors (Lipinski definition) is 0. The molecule has 0 aromatic rings. The Morgan fingerprint density at radius 2 is 1.82 bits per heavy atom. The zero-order valence-electron chi connectivity index (χ0n) is 7.56. The lowest BCUT2D eigenvalue weighted by Crippen LogP contribution is -3.00. The molecule has 0 fully saturated rings. The van der Waals surface area contributed by atoms with Gasteiger partial charge in [0.1, 0.15) is 13.2 Å². The number of rotatable bonds is 3. The van der Waals surface area contributed by atoms with Crippen molar-refractivity contribution >= 4 is 5.97 Å². The van der Waals surface area contributed by atoms with Gasteiger partial charge in [0.05, 0.1) is 21.1 Å². The van der Waals surface area contributed by atoms with Gasteiger partial charge < -0.3 is 33.2 Å². The van der Waals surface area contributed by atoms with Crippen LogP contribution in [0.2, 0.25) is 0 Å². The minimum Gasteiger partial charge on any atom is -1.00 e. The van der Waals surface area contributed by atoms with Gasteiger partial charge in [-0.3, -0.25) is 4.79 Å². The van der Waals surface area contributed by atoms with Crippen LogP contribution < -0.4 is 24.0 Å². The molecule has 0 aliphatic heterocycles. The van der Waals surface area contributed by atoms with E-state index < -0.39 is 0 Å². The number of nitrogens with zero attached hydrogens (tertiary/aromatic N) is 1. The zero-order chi connectivity index (χ0) is 8.20. The summed E-state index contributed by atoms with van der Waals surface area (Å²) in [6, 6.07) is 0. The molecule has 0 rings (SSSR count). The highest BCUT2D eigenvalue weighted by atomic mass is 127. The van der Waals surface area contributed by atoms with Crippen molar-refractivity contribution in [2.45, 2.75) is 6.92 Å². The zero-order valence-corrected chi connectivity index (χ0v) is 9.71. The number of hydrogen-bond acceptors (Lipinski definition) is 2. The summed E-state index contributed by atoms with van der Waals surface area (Å²) < 4.78 is 5.59. The maximum absolute atomic E-state index is 10.3. The molecule has 0 spiro atoms. The molecule has 0 aromatic carbocycles. The number of quaternary nitrogens is 1. The first-order valence-electron chi connectivity index (χ1n) is 3.35. The van der Waals surface area contributed by atoms with E-state index in [2.05, 4.69) is 21.1 Å². The monoisotopic (exact) mass is 273 g/mol. The second-order valence-corrected chi connectivity index (χ2v) is 3.35. The lowest BCUT2D eigenvalue weighted by Gasteiger charge is -2.23. The molecule has 0 aliphatic carbocycles. The normalized spacial score (nSPS) is 10.2. The van der Waals surface area contributed by atoms with Gasteiger partial charge in [-0.05, 0) is 0 Å². The molecule has 0 saturated heterocycles. The molecular formula is C7H16INO2. The second kappa shape index (κ2) is 5.77. The molecule has 11 heavy (non-hydrogen) atoms. The van der Waals surface area contributed by atoms with Crippen molar-refractivity contribution in [1.29, 1.82) is 0 Å². The van der Waals surface area contributed by atoms with Gasteiger partial charge in [-0.25, -0.2) is 0 Å². The van der Waals surface area contributed by atoms with Crippen LogP contribution >= 0.6 is 0 Å². The third-order valence-electron chi connectivity index (χ3n) is 1.07. The van der Waals surface area contributed by atoms with E-state index in [0.29, 0.717) is 6.61 Å². The van der Waals surface area contributed by atoms with Crippen LogP contribution in [-0.2, 0) is 9.53 Å². The molecule has 0 aromatic heterocycles. The number of carbonyl (C=O) groups excluding carboxylic acids is 1. The predicted molar refractivity (Wildman–Crippen MR) is 39.5 cm³/mol. The van der Waals surface area contributed by atoms with E-state index in [-0.39, 0.29) is 29.9 Å². The van der Waals surface area contributed by atoms with Gasteiger partial charge in [-0.2, -0.15) is 0 Å². The summed E-state index contributed by atoms with van der Waals surface area (Å²) in [7, 11) is 6.18. The van der Waals surface area contributed by atoms with Crippen molar-refractivity contribution in [3.05, 3.63) is 0 Å². The maximum atomic E-state index is 10.3. The van der Waals surface area contributed by atoms with E-state index in [4.69, 9.17) is 4.74 Å². The van der Waals surface area contributed by atoms with Crippen LogP contribution in [0.1, 0.15) is 6.92 Å². The summed E-state index contributed by atoms with van der Waals surface area (Å²) >= 11 is 0. The summed E-state index contributed by atoms with van der Waals surface area (Å²) in [6.07, 6.45) is 0. The van der Waals surface area contributed by atoms with Gasteiger partial charge in [0, 0.05) is 6.92 Å². The molecule has 68 valence electrons. The van der Waals surface area contributed by atoms with Gasteiger partial charge >= 0.3 is 5.97 Å². The molecule has 0 unspecified atom stereocenters. The van der Waals surface area contributed by atoms with Crippen LogP contribution in [0.3, 0.4) is 0 Å². The highest BCUT2D eigenvalue weighted by Crippen LogP contribution is 1.88. The summed E-state index contributed by atoms with van der Waals surface area (Å²) in [4.78, 5) is 10.3. The average molecular weight is 273 g/mol. The van der Waals surface area contributed by atoms with E-state index in [0.717, 1.165) is 11.0 Å². The molecule has 0 atom stereocenters. The molecular weight excluding hydrogens is 257 g/mol. The Morgan fingerprint density at radius 3 is 2.09 bits per heavy atom. The highest BCUT2D eigenvalue weighted by Gasteiger charge is 2.06. The third kappa shape index (κ3) is 13.2. The molecule has 0 N–H and O–H groups in total. The van der Waals surface area contributed by atoms with E-state index in [1.807, 2.05) is 0 Å². The Hall–Kier alpha value is 0.160.